The topological polar surface area (TPSA) is 47.0 Å². The molecule has 2 aliphatic rings. The zero-order valence-corrected chi connectivity index (χ0v) is 18.1. The first kappa shape index (κ1) is 20.5. The molecule has 0 amide bonds. The summed E-state index contributed by atoms with van der Waals surface area (Å²) in [6.07, 6.45) is -2.46. The molecule has 1 N–H and O–H groups in total. The number of hydrogen-bond donors (Lipinski definition) is 1. The number of hydrogen-bond acceptors (Lipinski definition) is 4. The number of ether oxygens (including phenoxy) is 1. The van der Waals surface area contributed by atoms with Crippen molar-refractivity contribution < 1.29 is 22.3 Å². The maximum atomic E-state index is 14.2. The third-order valence-corrected chi connectivity index (χ3v) is 6.58. The van der Waals surface area contributed by atoms with Crippen LogP contribution in [-0.2, 0) is 12.6 Å². The lowest BCUT2D eigenvalue weighted by atomic mass is 10.0. The standard InChI is InChI=1S/C22H18BrF4N3O/c1-11-12-3-2-4-14(22(25,26)27)19(12)31-10-21(5-6-21)9-18-29-17-8-16(24)15(23)7-13(17)20(28-11)30-18/h2-4,7-8,11H,5-6,9-10H2,1H3,(H,28,29,30). The quantitative estimate of drug-likeness (QED) is 0.364. The maximum Gasteiger partial charge on any atom is 0.419 e. The number of nitrogens with one attached hydrogen (secondary N) is 1. The second kappa shape index (κ2) is 7.05. The van der Waals surface area contributed by atoms with Gasteiger partial charge in [0.15, 0.2) is 0 Å². The fraction of sp³-hybridized carbons (Fsp3) is 0.364. The minimum absolute atomic E-state index is 0.144. The molecule has 1 aromatic heterocycles. The largest absolute Gasteiger partial charge is 0.492 e. The molecule has 1 unspecified atom stereocenters. The highest BCUT2D eigenvalue weighted by molar-refractivity contribution is 9.10. The maximum absolute atomic E-state index is 14.2. The van der Waals surface area contributed by atoms with E-state index < -0.39 is 23.6 Å². The zero-order valence-electron chi connectivity index (χ0n) is 16.5. The molecule has 162 valence electrons. The molecule has 2 bridgehead atoms. The van der Waals surface area contributed by atoms with Crippen LogP contribution in [0.15, 0.2) is 34.8 Å². The van der Waals surface area contributed by atoms with Gasteiger partial charge < -0.3 is 10.1 Å². The number of anilines is 1. The van der Waals surface area contributed by atoms with Crippen molar-refractivity contribution in [2.24, 2.45) is 5.41 Å². The molecule has 3 aromatic rings. The number of alkyl halides is 3. The molecule has 9 heteroatoms. The first-order valence-electron chi connectivity index (χ1n) is 9.90. The molecule has 2 aromatic carbocycles. The Balaban J connectivity index is 1.70. The summed E-state index contributed by atoms with van der Waals surface area (Å²) in [5.41, 5.74) is -0.272. The van der Waals surface area contributed by atoms with Crippen molar-refractivity contribution in [3.8, 4) is 5.75 Å². The van der Waals surface area contributed by atoms with Gasteiger partial charge in [0.25, 0.3) is 0 Å². The molecule has 4 nitrogen and oxygen atoms in total. The fourth-order valence-electron chi connectivity index (χ4n) is 4.03. The Hall–Kier alpha value is -2.42. The smallest absolute Gasteiger partial charge is 0.419 e. The van der Waals surface area contributed by atoms with E-state index in [-0.39, 0.29) is 22.2 Å². The summed E-state index contributed by atoms with van der Waals surface area (Å²) in [6, 6.07) is 6.43. The third-order valence-electron chi connectivity index (χ3n) is 5.97. The minimum Gasteiger partial charge on any atom is -0.492 e. The SMILES string of the molecule is CC1Nc2nc(nc3cc(F)c(Br)cc23)CC2(CC2)COc2c1cccc2C(F)(F)F. The van der Waals surface area contributed by atoms with Gasteiger partial charge in [0.05, 0.1) is 28.2 Å². The van der Waals surface area contributed by atoms with Crippen LogP contribution >= 0.6 is 15.9 Å². The highest BCUT2D eigenvalue weighted by atomic mass is 79.9. The van der Waals surface area contributed by atoms with E-state index in [1.54, 1.807) is 19.1 Å². The highest BCUT2D eigenvalue weighted by Crippen LogP contribution is 2.50. The van der Waals surface area contributed by atoms with Gasteiger partial charge in [-0.25, -0.2) is 14.4 Å². The Morgan fingerprint density at radius 2 is 1.97 bits per heavy atom. The predicted molar refractivity (Wildman–Crippen MR) is 112 cm³/mol. The Kier molecular flexibility index (Phi) is 4.66. The van der Waals surface area contributed by atoms with Crippen LogP contribution in [0.25, 0.3) is 10.9 Å². The Morgan fingerprint density at radius 3 is 2.68 bits per heavy atom. The van der Waals surface area contributed by atoms with Crippen molar-refractivity contribution in [1.29, 1.82) is 0 Å². The van der Waals surface area contributed by atoms with Crippen LogP contribution < -0.4 is 10.1 Å². The third kappa shape index (κ3) is 3.73. The van der Waals surface area contributed by atoms with Gasteiger partial charge in [0.1, 0.15) is 23.2 Å². The van der Waals surface area contributed by atoms with Crippen molar-refractivity contribution in [3.63, 3.8) is 0 Å². The zero-order chi connectivity index (χ0) is 22.0. The molecular formula is C22H18BrF4N3O. The Bertz CT molecular complexity index is 1190. The van der Waals surface area contributed by atoms with Gasteiger partial charge in [-0.2, -0.15) is 13.2 Å². The molecule has 1 spiro atoms. The number of fused-ring (bicyclic) bond motifs is 5. The first-order valence-corrected chi connectivity index (χ1v) is 10.7. The van der Waals surface area contributed by atoms with E-state index in [0.717, 1.165) is 18.9 Å². The molecule has 0 radical (unpaired) electrons. The lowest BCUT2D eigenvalue weighted by Crippen LogP contribution is -2.20. The molecule has 2 heterocycles. The number of halogens is 5. The van der Waals surface area contributed by atoms with E-state index in [9.17, 15) is 17.6 Å². The summed E-state index contributed by atoms with van der Waals surface area (Å²) in [7, 11) is 0. The summed E-state index contributed by atoms with van der Waals surface area (Å²) in [4.78, 5) is 9.19. The van der Waals surface area contributed by atoms with Crippen molar-refractivity contribution in [3.05, 3.63) is 57.6 Å². The van der Waals surface area contributed by atoms with Gasteiger partial charge >= 0.3 is 6.18 Å². The molecule has 5 rings (SSSR count). The Morgan fingerprint density at radius 1 is 1.19 bits per heavy atom. The van der Waals surface area contributed by atoms with E-state index in [4.69, 9.17) is 4.74 Å². The normalized spacial score (nSPS) is 19.9. The van der Waals surface area contributed by atoms with Crippen molar-refractivity contribution in [1.82, 2.24) is 9.97 Å². The van der Waals surface area contributed by atoms with Gasteiger partial charge in [-0.3, -0.25) is 0 Å². The average molecular weight is 496 g/mol. The van der Waals surface area contributed by atoms with E-state index >= 15 is 0 Å². The van der Waals surface area contributed by atoms with Crippen molar-refractivity contribution in [2.75, 3.05) is 11.9 Å². The van der Waals surface area contributed by atoms with Crippen LogP contribution in [0.4, 0.5) is 23.4 Å². The Labute approximate surface area is 184 Å². The summed E-state index contributed by atoms with van der Waals surface area (Å²) in [6.45, 7) is 1.89. The average Bonchev–Trinajstić information content (AvgIpc) is 3.46. The fourth-order valence-corrected chi connectivity index (χ4v) is 4.38. The molecule has 1 aliphatic heterocycles. The van der Waals surface area contributed by atoms with Gasteiger partial charge in [-0.15, -0.1) is 0 Å². The monoisotopic (exact) mass is 495 g/mol. The van der Waals surface area contributed by atoms with Crippen LogP contribution in [0.1, 0.15) is 42.8 Å². The lowest BCUT2D eigenvalue weighted by molar-refractivity contribution is -0.139. The van der Waals surface area contributed by atoms with E-state index in [0.29, 0.717) is 34.5 Å². The molecular weight excluding hydrogens is 478 g/mol. The molecule has 31 heavy (non-hydrogen) atoms. The molecule has 1 aliphatic carbocycles. The molecule has 1 saturated carbocycles. The number of nitrogens with zero attached hydrogens (tertiary/aromatic N) is 2. The van der Waals surface area contributed by atoms with Gasteiger partial charge in [0, 0.05) is 28.9 Å². The van der Waals surface area contributed by atoms with Crippen LogP contribution in [0.3, 0.4) is 0 Å². The summed E-state index contributed by atoms with van der Waals surface area (Å²) < 4.78 is 61.4. The van der Waals surface area contributed by atoms with E-state index in [1.165, 1.54) is 12.1 Å². The summed E-state index contributed by atoms with van der Waals surface area (Å²) in [5, 5.41) is 3.80. The van der Waals surface area contributed by atoms with E-state index in [1.807, 2.05) is 0 Å². The first-order chi connectivity index (χ1) is 14.7. The lowest BCUT2D eigenvalue weighted by Gasteiger charge is -2.23. The highest BCUT2D eigenvalue weighted by Gasteiger charge is 2.46. The van der Waals surface area contributed by atoms with Crippen molar-refractivity contribution in [2.45, 2.75) is 38.4 Å². The van der Waals surface area contributed by atoms with Gasteiger partial charge in [-0.1, -0.05) is 12.1 Å². The second-order valence-corrected chi connectivity index (χ2v) is 9.18. The molecule has 0 saturated heterocycles. The number of aromatic nitrogens is 2. The van der Waals surface area contributed by atoms with Crippen LogP contribution in [0.5, 0.6) is 5.75 Å². The summed E-state index contributed by atoms with van der Waals surface area (Å²) in [5.74, 6) is 0.382. The van der Waals surface area contributed by atoms with E-state index in [2.05, 4.69) is 31.2 Å². The number of rotatable bonds is 0. The number of benzene rings is 2. The van der Waals surface area contributed by atoms with Crippen LogP contribution in [-0.4, -0.2) is 16.6 Å². The van der Waals surface area contributed by atoms with Gasteiger partial charge in [0.2, 0.25) is 0 Å². The van der Waals surface area contributed by atoms with Crippen LogP contribution in [0.2, 0.25) is 0 Å². The van der Waals surface area contributed by atoms with Crippen LogP contribution in [0, 0.1) is 11.2 Å². The van der Waals surface area contributed by atoms with Gasteiger partial charge in [-0.05, 0) is 47.8 Å². The van der Waals surface area contributed by atoms with Crippen molar-refractivity contribution >= 4 is 32.7 Å². The molecule has 1 atom stereocenters. The minimum atomic E-state index is -4.53. The summed E-state index contributed by atoms with van der Waals surface area (Å²) >= 11 is 3.19. The number of para-hydroxylation sites is 1. The molecule has 1 fully saturated rings. The predicted octanol–water partition coefficient (Wildman–Crippen LogP) is 6.44. The second-order valence-electron chi connectivity index (χ2n) is 8.33.